The maximum atomic E-state index is 10.9. The van der Waals surface area contributed by atoms with Crippen LogP contribution in [0, 0.1) is 0 Å². The number of halogens is 1. The Balaban J connectivity index is 0.00000144. The molecule has 94 valence electrons. The standard InChI is InChI=1S/C13H17NO2.ClH/c1-11(15)16-13-8-5-9-14(10-13)12-6-3-2-4-7-12;/h2-4,6-7,13H,5,8-10H2,1H3;1H. The van der Waals surface area contributed by atoms with E-state index in [0.717, 1.165) is 25.9 Å². The van der Waals surface area contributed by atoms with Crippen LogP contribution in [-0.2, 0) is 9.53 Å². The van der Waals surface area contributed by atoms with E-state index in [1.54, 1.807) is 0 Å². The Bertz CT molecular complexity index is 356. The van der Waals surface area contributed by atoms with E-state index < -0.39 is 0 Å². The highest BCUT2D eigenvalue weighted by molar-refractivity contribution is 5.85. The van der Waals surface area contributed by atoms with Gasteiger partial charge in [0, 0.05) is 19.2 Å². The topological polar surface area (TPSA) is 29.5 Å². The van der Waals surface area contributed by atoms with Crippen molar-refractivity contribution in [1.29, 1.82) is 0 Å². The number of rotatable bonds is 2. The van der Waals surface area contributed by atoms with Gasteiger partial charge < -0.3 is 9.64 Å². The summed E-state index contributed by atoms with van der Waals surface area (Å²) in [4.78, 5) is 13.2. The second-order valence-electron chi connectivity index (χ2n) is 4.16. The van der Waals surface area contributed by atoms with Gasteiger partial charge in [-0.1, -0.05) is 18.2 Å². The normalized spacial score (nSPS) is 19.4. The Morgan fingerprint density at radius 1 is 1.35 bits per heavy atom. The van der Waals surface area contributed by atoms with Gasteiger partial charge in [0.1, 0.15) is 6.10 Å². The monoisotopic (exact) mass is 255 g/mol. The number of carbonyl (C=O) groups is 1. The summed E-state index contributed by atoms with van der Waals surface area (Å²) >= 11 is 0. The van der Waals surface area contributed by atoms with Crippen molar-refractivity contribution in [3.8, 4) is 0 Å². The zero-order valence-electron chi connectivity index (χ0n) is 9.96. The molecule has 1 aliphatic rings. The van der Waals surface area contributed by atoms with Crippen LogP contribution in [0.5, 0.6) is 0 Å². The predicted octanol–water partition coefficient (Wildman–Crippen LogP) is 2.64. The van der Waals surface area contributed by atoms with E-state index in [1.165, 1.54) is 12.6 Å². The SMILES string of the molecule is CC(=O)OC1CCCN(c2ccccc2)C1.Cl. The Morgan fingerprint density at radius 2 is 2.06 bits per heavy atom. The minimum atomic E-state index is -0.181. The highest BCUT2D eigenvalue weighted by Crippen LogP contribution is 2.20. The average Bonchev–Trinajstić information content (AvgIpc) is 2.30. The van der Waals surface area contributed by atoms with Crippen LogP contribution in [0.4, 0.5) is 5.69 Å². The average molecular weight is 256 g/mol. The van der Waals surface area contributed by atoms with Crippen LogP contribution >= 0.6 is 12.4 Å². The van der Waals surface area contributed by atoms with Gasteiger partial charge in [0.25, 0.3) is 0 Å². The quantitative estimate of drug-likeness (QED) is 0.761. The van der Waals surface area contributed by atoms with E-state index in [2.05, 4.69) is 17.0 Å². The number of nitrogens with zero attached hydrogens (tertiary/aromatic N) is 1. The van der Waals surface area contributed by atoms with Crippen molar-refractivity contribution < 1.29 is 9.53 Å². The molecule has 17 heavy (non-hydrogen) atoms. The van der Waals surface area contributed by atoms with Gasteiger partial charge in [-0.05, 0) is 25.0 Å². The Labute approximate surface area is 108 Å². The zero-order valence-corrected chi connectivity index (χ0v) is 10.8. The molecule has 0 N–H and O–H groups in total. The van der Waals surface area contributed by atoms with E-state index in [4.69, 9.17) is 4.74 Å². The maximum absolute atomic E-state index is 10.9. The van der Waals surface area contributed by atoms with Crippen LogP contribution in [0.3, 0.4) is 0 Å². The molecule has 1 aromatic carbocycles. The number of hydrogen-bond donors (Lipinski definition) is 0. The molecule has 3 nitrogen and oxygen atoms in total. The summed E-state index contributed by atoms with van der Waals surface area (Å²) in [5.41, 5.74) is 1.21. The van der Waals surface area contributed by atoms with Crippen LogP contribution in [0.1, 0.15) is 19.8 Å². The first-order valence-electron chi connectivity index (χ1n) is 5.73. The number of piperidine rings is 1. The second-order valence-corrected chi connectivity index (χ2v) is 4.16. The molecule has 0 aromatic heterocycles. The van der Waals surface area contributed by atoms with Crippen LogP contribution in [0.15, 0.2) is 30.3 Å². The molecule has 0 bridgehead atoms. The minimum Gasteiger partial charge on any atom is -0.461 e. The van der Waals surface area contributed by atoms with Gasteiger partial charge in [-0.15, -0.1) is 12.4 Å². The lowest BCUT2D eigenvalue weighted by molar-refractivity contribution is -0.146. The first-order valence-corrected chi connectivity index (χ1v) is 5.73. The molecule has 1 heterocycles. The molecule has 0 aliphatic carbocycles. The van der Waals surface area contributed by atoms with Crippen molar-refractivity contribution in [3.63, 3.8) is 0 Å². The Kier molecular flexibility index (Phi) is 5.29. The number of para-hydroxylation sites is 1. The number of anilines is 1. The van der Waals surface area contributed by atoms with Crippen molar-refractivity contribution in [3.05, 3.63) is 30.3 Å². The van der Waals surface area contributed by atoms with Gasteiger partial charge in [0.2, 0.25) is 0 Å². The summed E-state index contributed by atoms with van der Waals surface area (Å²) in [6, 6.07) is 10.3. The van der Waals surface area contributed by atoms with E-state index in [9.17, 15) is 4.79 Å². The molecule has 1 aromatic rings. The van der Waals surface area contributed by atoms with Gasteiger partial charge in [0.15, 0.2) is 0 Å². The summed E-state index contributed by atoms with van der Waals surface area (Å²) < 4.78 is 5.26. The number of carbonyl (C=O) groups excluding carboxylic acids is 1. The molecular weight excluding hydrogens is 238 g/mol. The molecule has 0 amide bonds. The number of benzene rings is 1. The second kappa shape index (κ2) is 6.50. The molecule has 4 heteroatoms. The van der Waals surface area contributed by atoms with E-state index in [0.29, 0.717) is 0 Å². The van der Waals surface area contributed by atoms with Crippen molar-refractivity contribution in [1.82, 2.24) is 0 Å². The lowest BCUT2D eigenvalue weighted by atomic mass is 10.1. The summed E-state index contributed by atoms with van der Waals surface area (Å²) in [7, 11) is 0. The lowest BCUT2D eigenvalue weighted by Crippen LogP contribution is -2.40. The number of esters is 1. The molecule has 0 saturated carbocycles. The van der Waals surface area contributed by atoms with E-state index >= 15 is 0 Å². The highest BCUT2D eigenvalue weighted by atomic mass is 35.5. The minimum absolute atomic E-state index is 0. The zero-order chi connectivity index (χ0) is 11.4. The molecular formula is C13H18ClNO2. The summed E-state index contributed by atoms with van der Waals surface area (Å²) in [6.45, 7) is 3.33. The van der Waals surface area contributed by atoms with Crippen LogP contribution < -0.4 is 4.90 Å². The van der Waals surface area contributed by atoms with Gasteiger partial charge in [-0.2, -0.15) is 0 Å². The summed E-state index contributed by atoms with van der Waals surface area (Å²) in [5.74, 6) is -0.181. The van der Waals surface area contributed by atoms with Crippen molar-refractivity contribution in [2.75, 3.05) is 18.0 Å². The Morgan fingerprint density at radius 3 is 2.71 bits per heavy atom. The smallest absolute Gasteiger partial charge is 0.302 e. The molecule has 0 spiro atoms. The lowest BCUT2D eigenvalue weighted by Gasteiger charge is -2.33. The van der Waals surface area contributed by atoms with Gasteiger partial charge in [-0.25, -0.2) is 0 Å². The van der Waals surface area contributed by atoms with Gasteiger partial charge >= 0.3 is 5.97 Å². The molecule has 0 radical (unpaired) electrons. The largest absolute Gasteiger partial charge is 0.461 e. The van der Waals surface area contributed by atoms with E-state index in [-0.39, 0.29) is 24.5 Å². The van der Waals surface area contributed by atoms with Crippen LogP contribution in [0.25, 0.3) is 0 Å². The third kappa shape index (κ3) is 3.93. The molecule has 1 fully saturated rings. The van der Waals surface area contributed by atoms with Crippen molar-refractivity contribution in [2.24, 2.45) is 0 Å². The number of hydrogen-bond acceptors (Lipinski definition) is 3. The molecule has 1 unspecified atom stereocenters. The van der Waals surface area contributed by atoms with Gasteiger partial charge in [0.05, 0.1) is 6.54 Å². The van der Waals surface area contributed by atoms with E-state index in [1.807, 2.05) is 18.2 Å². The fraction of sp³-hybridized carbons (Fsp3) is 0.462. The third-order valence-corrected chi connectivity index (χ3v) is 2.83. The van der Waals surface area contributed by atoms with Gasteiger partial charge in [-0.3, -0.25) is 4.79 Å². The molecule has 1 atom stereocenters. The fourth-order valence-electron chi connectivity index (χ4n) is 2.14. The van der Waals surface area contributed by atoms with Crippen molar-refractivity contribution in [2.45, 2.75) is 25.9 Å². The van der Waals surface area contributed by atoms with Crippen LogP contribution in [0.2, 0.25) is 0 Å². The summed E-state index contributed by atoms with van der Waals surface area (Å²) in [5, 5.41) is 0. The molecule has 1 saturated heterocycles. The highest BCUT2D eigenvalue weighted by Gasteiger charge is 2.21. The predicted molar refractivity (Wildman–Crippen MR) is 70.7 cm³/mol. The fourth-order valence-corrected chi connectivity index (χ4v) is 2.14. The summed E-state index contributed by atoms with van der Waals surface area (Å²) in [6.07, 6.45) is 2.10. The number of ether oxygens (including phenoxy) is 1. The van der Waals surface area contributed by atoms with Crippen LogP contribution in [-0.4, -0.2) is 25.2 Å². The maximum Gasteiger partial charge on any atom is 0.302 e. The molecule has 2 rings (SSSR count). The first-order chi connectivity index (χ1) is 7.75. The first kappa shape index (κ1) is 13.8. The Hall–Kier alpha value is -1.22. The third-order valence-electron chi connectivity index (χ3n) is 2.83. The molecule has 1 aliphatic heterocycles. The van der Waals surface area contributed by atoms with Crippen molar-refractivity contribution >= 4 is 24.1 Å².